The van der Waals surface area contributed by atoms with Gasteiger partial charge in [0, 0.05) is 30.4 Å². The van der Waals surface area contributed by atoms with E-state index in [2.05, 4.69) is 34.3 Å². The van der Waals surface area contributed by atoms with E-state index in [9.17, 15) is 4.79 Å². The number of methoxy groups -OCH3 is 1. The Bertz CT molecular complexity index is 947. The fraction of sp³-hybridized carbons (Fsp3) is 0.286. The molecule has 2 aromatic carbocycles. The fourth-order valence-electron chi connectivity index (χ4n) is 3.29. The molecule has 0 saturated heterocycles. The summed E-state index contributed by atoms with van der Waals surface area (Å²) >= 11 is 0. The largest absolute Gasteiger partial charge is 0.493 e. The zero-order chi connectivity index (χ0) is 18.6. The second-order valence-electron chi connectivity index (χ2n) is 6.38. The van der Waals surface area contributed by atoms with Crippen LogP contribution in [0.5, 0.6) is 17.2 Å². The van der Waals surface area contributed by atoms with Gasteiger partial charge in [-0.25, -0.2) is 0 Å². The Morgan fingerprint density at radius 1 is 1.19 bits per heavy atom. The van der Waals surface area contributed by atoms with Crippen LogP contribution >= 0.6 is 0 Å². The maximum absolute atomic E-state index is 12.5. The number of rotatable bonds is 6. The molecule has 2 heterocycles. The molecule has 0 spiro atoms. The highest BCUT2D eigenvalue weighted by Crippen LogP contribution is 2.40. The van der Waals surface area contributed by atoms with E-state index >= 15 is 0 Å². The molecule has 0 unspecified atom stereocenters. The van der Waals surface area contributed by atoms with E-state index < -0.39 is 0 Å². The number of nitrogens with zero attached hydrogens (tertiary/aromatic N) is 1. The highest BCUT2D eigenvalue weighted by atomic mass is 16.6. The molecule has 0 aliphatic carbocycles. The maximum Gasteiger partial charge on any atom is 0.251 e. The topological polar surface area (TPSA) is 61.7 Å². The number of ether oxygens (including phenoxy) is 3. The first-order valence-corrected chi connectivity index (χ1v) is 9.06. The van der Waals surface area contributed by atoms with Crippen LogP contribution in [0.4, 0.5) is 0 Å². The summed E-state index contributed by atoms with van der Waals surface area (Å²) < 4.78 is 18.7. The summed E-state index contributed by atoms with van der Waals surface area (Å²) in [5.41, 5.74) is 1.71. The molecule has 27 heavy (non-hydrogen) atoms. The first-order valence-electron chi connectivity index (χ1n) is 9.06. The number of hydrogen-bond acceptors (Lipinski definition) is 4. The van der Waals surface area contributed by atoms with Gasteiger partial charge in [0.05, 0.1) is 7.11 Å². The summed E-state index contributed by atoms with van der Waals surface area (Å²) in [5, 5.41) is 4.19. The predicted octanol–water partition coefficient (Wildman–Crippen LogP) is 3.24. The number of carbonyl (C=O) groups is 1. The number of amides is 1. The molecule has 1 N–H and O–H groups in total. The number of para-hydroxylation sites is 1. The lowest BCUT2D eigenvalue weighted by atomic mass is 10.1. The average Bonchev–Trinajstić information content (AvgIpc) is 3.13. The quantitative estimate of drug-likeness (QED) is 0.681. The monoisotopic (exact) mass is 366 g/mol. The lowest BCUT2D eigenvalue weighted by molar-refractivity contribution is 0.0950. The van der Waals surface area contributed by atoms with Crippen LogP contribution in [-0.2, 0) is 6.54 Å². The van der Waals surface area contributed by atoms with Crippen LogP contribution in [0, 0.1) is 0 Å². The van der Waals surface area contributed by atoms with E-state index in [1.165, 1.54) is 10.9 Å². The van der Waals surface area contributed by atoms with Crippen LogP contribution in [0.15, 0.2) is 48.7 Å². The highest BCUT2D eigenvalue weighted by Gasteiger charge is 2.20. The summed E-state index contributed by atoms with van der Waals surface area (Å²) in [6, 6.07) is 13.8. The Balaban J connectivity index is 1.37. The van der Waals surface area contributed by atoms with Crippen molar-refractivity contribution in [2.45, 2.75) is 13.0 Å². The van der Waals surface area contributed by atoms with Crippen molar-refractivity contribution in [1.82, 2.24) is 9.88 Å². The van der Waals surface area contributed by atoms with Crippen molar-refractivity contribution in [3.05, 3.63) is 54.2 Å². The van der Waals surface area contributed by atoms with Crippen LogP contribution in [0.25, 0.3) is 10.9 Å². The molecule has 0 fully saturated rings. The molecule has 0 atom stereocenters. The van der Waals surface area contributed by atoms with Crippen LogP contribution in [0.1, 0.15) is 16.8 Å². The van der Waals surface area contributed by atoms with Crippen LogP contribution < -0.4 is 19.5 Å². The fourth-order valence-corrected chi connectivity index (χ4v) is 3.29. The minimum absolute atomic E-state index is 0.150. The Hall–Kier alpha value is -3.15. The van der Waals surface area contributed by atoms with E-state index in [1.54, 1.807) is 19.2 Å². The second-order valence-corrected chi connectivity index (χ2v) is 6.38. The Kier molecular flexibility index (Phi) is 4.87. The van der Waals surface area contributed by atoms with Gasteiger partial charge < -0.3 is 24.1 Å². The molecule has 0 radical (unpaired) electrons. The van der Waals surface area contributed by atoms with Crippen molar-refractivity contribution >= 4 is 16.8 Å². The van der Waals surface area contributed by atoms with Crippen molar-refractivity contribution in [3.8, 4) is 17.2 Å². The smallest absolute Gasteiger partial charge is 0.251 e. The van der Waals surface area contributed by atoms with Gasteiger partial charge in [0.1, 0.15) is 13.2 Å². The third-order valence-corrected chi connectivity index (χ3v) is 4.63. The van der Waals surface area contributed by atoms with Gasteiger partial charge >= 0.3 is 0 Å². The normalized spacial score (nSPS) is 12.8. The standard InChI is InChI=1S/C21H22N2O4/c1-25-18-13-16(14-19-20(18)27-12-11-26-19)21(24)22-8-4-9-23-10-7-15-5-2-3-6-17(15)23/h2-3,5-7,10,13-14H,4,8-9,11-12H2,1H3,(H,22,24). The van der Waals surface area contributed by atoms with E-state index in [1.807, 2.05) is 12.1 Å². The predicted molar refractivity (Wildman–Crippen MR) is 103 cm³/mol. The van der Waals surface area contributed by atoms with Crippen molar-refractivity contribution in [3.63, 3.8) is 0 Å². The van der Waals surface area contributed by atoms with Gasteiger partial charge in [-0.2, -0.15) is 0 Å². The minimum Gasteiger partial charge on any atom is -0.493 e. The van der Waals surface area contributed by atoms with Gasteiger partial charge in [-0.05, 0) is 36.1 Å². The first kappa shape index (κ1) is 17.3. The molecule has 140 valence electrons. The number of hydrogen-bond donors (Lipinski definition) is 1. The molecule has 3 aromatic rings. The van der Waals surface area contributed by atoms with Gasteiger partial charge in [0.15, 0.2) is 11.5 Å². The van der Waals surface area contributed by atoms with E-state index in [0.717, 1.165) is 13.0 Å². The van der Waals surface area contributed by atoms with Crippen LogP contribution in [0.3, 0.4) is 0 Å². The zero-order valence-corrected chi connectivity index (χ0v) is 15.2. The lowest BCUT2D eigenvalue weighted by Crippen LogP contribution is -2.25. The Morgan fingerprint density at radius 2 is 2.04 bits per heavy atom. The number of fused-ring (bicyclic) bond motifs is 2. The minimum atomic E-state index is -0.150. The number of carbonyl (C=O) groups excluding carboxylic acids is 1. The summed E-state index contributed by atoms with van der Waals surface area (Å²) in [6.07, 6.45) is 2.92. The van der Waals surface area contributed by atoms with E-state index in [4.69, 9.17) is 14.2 Å². The Labute approximate surface area is 157 Å². The van der Waals surface area contributed by atoms with Gasteiger partial charge in [0.2, 0.25) is 5.75 Å². The van der Waals surface area contributed by atoms with E-state index in [-0.39, 0.29) is 5.91 Å². The number of benzene rings is 2. The first-order chi connectivity index (χ1) is 13.3. The lowest BCUT2D eigenvalue weighted by Gasteiger charge is -2.21. The molecular formula is C21H22N2O4. The summed E-state index contributed by atoms with van der Waals surface area (Å²) in [4.78, 5) is 12.5. The summed E-state index contributed by atoms with van der Waals surface area (Å²) in [7, 11) is 1.55. The molecule has 6 nitrogen and oxygen atoms in total. The van der Waals surface area contributed by atoms with Crippen molar-refractivity contribution in [2.75, 3.05) is 26.9 Å². The van der Waals surface area contributed by atoms with Gasteiger partial charge in [0.25, 0.3) is 5.91 Å². The van der Waals surface area contributed by atoms with Gasteiger partial charge in [-0.3, -0.25) is 4.79 Å². The zero-order valence-electron chi connectivity index (χ0n) is 15.2. The average molecular weight is 366 g/mol. The molecule has 1 aromatic heterocycles. The van der Waals surface area contributed by atoms with Gasteiger partial charge in [-0.15, -0.1) is 0 Å². The molecule has 0 saturated carbocycles. The molecule has 1 aliphatic heterocycles. The molecule has 6 heteroatoms. The highest BCUT2D eigenvalue weighted by molar-refractivity contribution is 5.95. The van der Waals surface area contributed by atoms with Crippen LogP contribution in [-0.4, -0.2) is 37.3 Å². The SMILES string of the molecule is COc1cc(C(=O)NCCCn2ccc3ccccc32)cc2c1OCCO2. The Morgan fingerprint density at radius 3 is 2.93 bits per heavy atom. The molecule has 1 amide bonds. The maximum atomic E-state index is 12.5. The summed E-state index contributed by atoms with van der Waals surface area (Å²) in [5.74, 6) is 1.46. The van der Waals surface area contributed by atoms with Gasteiger partial charge in [-0.1, -0.05) is 18.2 Å². The number of aromatic nitrogens is 1. The van der Waals surface area contributed by atoms with Crippen molar-refractivity contribution in [1.29, 1.82) is 0 Å². The summed E-state index contributed by atoms with van der Waals surface area (Å²) in [6.45, 7) is 2.37. The third-order valence-electron chi connectivity index (χ3n) is 4.63. The molecule has 4 rings (SSSR count). The molecule has 1 aliphatic rings. The second kappa shape index (κ2) is 7.61. The van der Waals surface area contributed by atoms with E-state index in [0.29, 0.717) is 42.6 Å². The van der Waals surface area contributed by atoms with Crippen LogP contribution in [0.2, 0.25) is 0 Å². The third kappa shape index (κ3) is 3.56. The molecule has 0 bridgehead atoms. The number of nitrogens with one attached hydrogen (secondary N) is 1. The molecular weight excluding hydrogens is 344 g/mol. The van der Waals surface area contributed by atoms with Crippen molar-refractivity contribution in [2.24, 2.45) is 0 Å². The number of aryl methyl sites for hydroxylation is 1. The van der Waals surface area contributed by atoms with Crippen molar-refractivity contribution < 1.29 is 19.0 Å².